The molecule has 0 spiro atoms. The van der Waals surface area contributed by atoms with Crippen LogP contribution in [0.4, 0.5) is 5.69 Å². The van der Waals surface area contributed by atoms with Crippen LogP contribution in [0.25, 0.3) is 0 Å². The highest BCUT2D eigenvalue weighted by Crippen LogP contribution is 2.17. The van der Waals surface area contributed by atoms with E-state index in [9.17, 15) is 0 Å². The summed E-state index contributed by atoms with van der Waals surface area (Å²) in [4.78, 5) is 2.35. The van der Waals surface area contributed by atoms with Gasteiger partial charge in [0.1, 0.15) is 0 Å². The first-order valence-electron chi connectivity index (χ1n) is 9.18. The van der Waals surface area contributed by atoms with Crippen molar-refractivity contribution in [2.24, 2.45) is 5.10 Å². The molecule has 0 unspecified atom stereocenters. The second-order valence-electron chi connectivity index (χ2n) is 6.07. The monoisotopic (exact) mass is 368 g/mol. The Labute approximate surface area is 162 Å². The Bertz CT molecular complexity index is 683. The molecule has 2 aromatic carbocycles. The molecule has 5 heteroatoms. The number of hydrazone groups is 1. The van der Waals surface area contributed by atoms with Gasteiger partial charge < -0.3 is 10.2 Å². The molecular formula is C21H28N4S. The maximum absolute atomic E-state index is 5.17. The van der Waals surface area contributed by atoms with E-state index in [4.69, 9.17) is 12.2 Å². The van der Waals surface area contributed by atoms with E-state index in [1.54, 1.807) is 6.21 Å². The van der Waals surface area contributed by atoms with Crippen molar-refractivity contribution in [3.8, 4) is 0 Å². The van der Waals surface area contributed by atoms with Gasteiger partial charge in [-0.1, -0.05) is 55.8 Å². The number of anilines is 1. The van der Waals surface area contributed by atoms with Crippen molar-refractivity contribution in [3.63, 3.8) is 0 Å². The largest absolute Gasteiger partial charge is 0.367 e. The van der Waals surface area contributed by atoms with Gasteiger partial charge in [-0.25, -0.2) is 0 Å². The number of unbranched alkanes of at least 4 members (excludes halogenated alkanes) is 1. The SMILES string of the molecule is CCCCNC(=S)N/N=C\c1ccc(N(CC)Cc2ccccc2)cc1. The third-order valence-electron chi connectivity index (χ3n) is 4.05. The van der Waals surface area contributed by atoms with Crippen LogP contribution in [0, 0.1) is 0 Å². The van der Waals surface area contributed by atoms with Crippen LogP contribution in [-0.2, 0) is 6.54 Å². The van der Waals surface area contributed by atoms with E-state index in [-0.39, 0.29) is 0 Å². The van der Waals surface area contributed by atoms with Crippen LogP contribution in [0.2, 0.25) is 0 Å². The number of rotatable bonds is 9. The molecule has 0 fully saturated rings. The first kappa shape index (κ1) is 19.9. The number of thiocarbonyl (C=S) groups is 1. The number of benzene rings is 2. The Hall–Kier alpha value is -2.40. The quantitative estimate of drug-likeness (QED) is 0.299. The molecule has 138 valence electrons. The molecule has 0 aliphatic rings. The van der Waals surface area contributed by atoms with Gasteiger partial charge in [-0.05, 0) is 48.8 Å². The first-order valence-corrected chi connectivity index (χ1v) is 9.59. The van der Waals surface area contributed by atoms with Gasteiger partial charge in [-0.15, -0.1) is 0 Å². The Morgan fingerprint density at radius 3 is 2.46 bits per heavy atom. The van der Waals surface area contributed by atoms with Gasteiger partial charge in [0, 0.05) is 25.3 Å². The lowest BCUT2D eigenvalue weighted by Crippen LogP contribution is -2.32. The van der Waals surface area contributed by atoms with E-state index in [0.29, 0.717) is 5.11 Å². The zero-order chi connectivity index (χ0) is 18.6. The molecule has 4 nitrogen and oxygen atoms in total. The fraction of sp³-hybridized carbons (Fsp3) is 0.333. The molecule has 0 saturated carbocycles. The number of hydrogen-bond acceptors (Lipinski definition) is 3. The third-order valence-corrected chi connectivity index (χ3v) is 4.29. The van der Waals surface area contributed by atoms with E-state index < -0.39 is 0 Å². The van der Waals surface area contributed by atoms with Gasteiger partial charge in [0.15, 0.2) is 5.11 Å². The lowest BCUT2D eigenvalue weighted by Gasteiger charge is -2.23. The molecule has 0 aliphatic heterocycles. The molecule has 0 saturated heterocycles. The van der Waals surface area contributed by atoms with Gasteiger partial charge >= 0.3 is 0 Å². The molecule has 2 rings (SSSR count). The molecule has 2 aromatic rings. The van der Waals surface area contributed by atoms with E-state index in [0.717, 1.165) is 38.0 Å². The maximum Gasteiger partial charge on any atom is 0.186 e. The molecule has 26 heavy (non-hydrogen) atoms. The maximum atomic E-state index is 5.17. The predicted molar refractivity (Wildman–Crippen MR) is 116 cm³/mol. The van der Waals surface area contributed by atoms with Crippen LogP contribution in [0.3, 0.4) is 0 Å². The molecular weight excluding hydrogens is 340 g/mol. The second kappa shape index (κ2) is 11.3. The first-order chi connectivity index (χ1) is 12.7. The van der Waals surface area contributed by atoms with Crippen molar-refractivity contribution in [1.29, 1.82) is 0 Å². The smallest absolute Gasteiger partial charge is 0.186 e. The van der Waals surface area contributed by atoms with Crippen molar-refractivity contribution in [1.82, 2.24) is 10.7 Å². The van der Waals surface area contributed by atoms with Crippen LogP contribution in [0.5, 0.6) is 0 Å². The van der Waals surface area contributed by atoms with E-state index >= 15 is 0 Å². The zero-order valence-corrected chi connectivity index (χ0v) is 16.4. The highest BCUT2D eigenvalue weighted by molar-refractivity contribution is 7.80. The Morgan fingerprint density at radius 1 is 1.08 bits per heavy atom. The molecule has 0 aromatic heterocycles. The van der Waals surface area contributed by atoms with Gasteiger partial charge in [0.25, 0.3) is 0 Å². The normalized spacial score (nSPS) is 10.7. The average molecular weight is 369 g/mol. The molecule has 0 amide bonds. The topological polar surface area (TPSA) is 39.7 Å². The third kappa shape index (κ3) is 6.84. The summed E-state index contributed by atoms with van der Waals surface area (Å²) in [5, 5.41) is 7.88. The lowest BCUT2D eigenvalue weighted by molar-refractivity contribution is 0.745. The van der Waals surface area contributed by atoms with E-state index in [1.807, 2.05) is 6.07 Å². The van der Waals surface area contributed by atoms with Crippen molar-refractivity contribution >= 4 is 29.2 Å². The van der Waals surface area contributed by atoms with Crippen LogP contribution < -0.4 is 15.6 Å². The zero-order valence-electron chi connectivity index (χ0n) is 15.6. The van der Waals surface area contributed by atoms with Gasteiger partial charge in [-0.2, -0.15) is 5.10 Å². The minimum atomic E-state index is 0.561. The highest BCUT2D eigenvalue weighted by atomic mass is 32.1. The minimum absolute atomic E-state index is 0.561. The van der Waals surface area contributed by atoms with Crippen molar-refractivity contribution < 1.29 is 0 Å². The van der Waals surface area contributed by atoms with E-state index in [1.165, 1.54) is 11.3 Å². The van der Waals surface area contributed by atoms with Crippen LogP contribution in [0.15, 0.2) is 59.7 Å². The molecule has 0 heterocycles. The Kier molecular flexibility index (Phi) is 8.63. The van der Waals surface area contributed by atoms with Crippen LogP contribution in [-0.4, -0.2) is 24.4 Å². The Morgan fingerprint density at radius 2 is 1.81 bits per heavy atom. The molecule has 0 radical (unpaired) electrons. The summed E-state index contributed by atoms with van der Waals surface area (Å²) in [6.07, 6.45) is 4.03. The molecule has 0 bridgehead atoms. The fourth-order valence-electron chi connectivity index (χ4n) is 2.54. The van der Waals surface area contributed by atoms with Gasteiger partial charge in [-0.3, -0.25) is 5.43 Å². The summed E-state index contributed by atoms with van der Waals surface area (Å²) < 4.78 is 0. The molecule has 2 N–H and O–H groups in total. The van der Waals surface area contributed by atoms with Gasteiger partial charge in [0.05, 0.1) is 6.21 Å². The number of hydrogen-bond donors (Lipinski definition) is 2. The Balaban J connectivity index is 1.88. The van der Waals surface area contributed by atoms with Crippen molar-refractivity contribution in [2.45, 2.75) is 33.2 Å². The molecule has 0 atom stereocenters. The summed E-state index contributed by atoms with van der Waals surface area (Å²) in [5.74, 6) is 0. The molecule has 0 aliphatic carbocycles. The summed E-state index contributed by atoms with van der Waals surface area (Å²) in [7, 11) is 0. The van der Waals surface area contributed by atoms with Crippen molar-refractivity contribution in [3.05, 3.63) is 65.7 Å². The number of nitrogens with one attached hydrogen (secondary N) is 2. The summed E-state index contributed by atoms with van der Waals surface area (Å²) >= 11 is 5.17. The second-order valence-corrected chi connectivity index (χ2v) is 6.48. The standard InChI is InChI=1S/C21H28N4S/c1-3-5-15-22-21(26)24-23-16-18-11-13-20(14-12-18)25(4-2)17-19-9-7-6-8-10-19/h6-14,16H,3-5,15,17H2,1-2H3,(H2,22,24,26)/b23-16-. The number of nitrogens with zero attached hydrogens (tertiary/aromatic N) is 2. The highest BCUT2D eigenvalue weighted by Gasteiger charge is 2.05. The average Bonchev–Trinajstić information content (AvgIpc) is 2.68. The minimum Gasteiger partial charge on any atom is -0.367 e. The summed E-state index contributed by atoms with van der Waals surface area (Å²) in [6, 6.07) is 18.9. The van der Waals surface area contributed by atoms with Crippen LogP contribution in [0.1, 0.15) is 37.8 Å². The van der Waals surface area contributed by atoms with E-state index in [2.05, 4.69) is 83.1 Å². The lowest BCUT2D eigenvalue weighted by atomic mass is 10.1. The van der Waals surface area contributed by atoms with Crippen LogP contribution >= 0.6 is 12.2 Å². The summed E-state index contributed by atoms with van der Waals surface area (Å²) in [5.41, 5.74) is 6.41. The summed E-state index contributed by atoms with van der Waals surface area (Å²) in [6.45, 7) is 7.07. The van der Waals surface area contributed by atoms with Gasteiger partial charge in [0.2, 0.25) is 0 Å². The predicted octanol–water partition coefficient (Wildman–Crippen LogP) is 4.31. The van der Waals surface area contributed by atoms with Crippen molar-refractivity contribution in [2.75, 3.05) is 18.0 Å². The fourth-order valence-corrected chi connectivity index (χ4v) is 2.70.